The number of fused-ring (bicyclic) bond motifs is 1. The van der Waals surface area contributed by atoms with Gasteiger partial charge in [0.1, 0.15) is 0 Å². The van der Waals surface area contributed by atoms with Gasteiger partial charge in [0.05, 0.1) is 23.4 Å². The van der Waals surface area contributed by atoms with Crippen LogP contribution in [0.3, 0.4) is 0 Å². The molecule has 6 heteroatoms. The molecule has 0 aliphatic heterocycles. The maximum Gasteiger partial charge on any atom is 0.359 e. The third-order valence-corrected chi connectivity index (χ3v) is 4.39. The lowest BCUT2D eigenvalue weighted by atomic mass is 10.1. The van der Waals surface area contributed by atoms with Crippen LogP contribution >= 0.6 is 11.6 Å². The smallest absolute Gasteiger partial charge is 0.359 e. The number of carbonyl (C=O) groups excluding carboxylic acids is 1. The lowest BCUT2D eigenvalue weighted by molar-refractivity contribution is 0.0521. The quantitative estimate of drug-likeness (QED) is 0.474. The highest BCUT2D eigenvalue weighted by atomic mass is 35.5. The van der Waals surface area contributed by atoms with Gasteiger partial charge in [-0.3, -0.25) is 0 Å². The average Bonchev–Trinajstić information content (AvgIpc) is 3.08. The number of ether oxygens (including phenoxy) is 1. The highest BCUT2D eigenvalue weighted by Crippen LogP contribution is 2.26. The fourth-order valence-electron chi connectivity index (χ4n) is 2.88. The van der Waals surface area contributed by atoms with Crippen molar-refractivity contribution in [3.8, 4) is 16.9 Å². The second-order valence-corrected chi connectivity index (χ2v) is 6.33. The van der Waals surface area contributed by atoms with Crippen molar-refractivity contribution in [2.45, 2.75) is 6.92 Å². The van der Waals surface area contributed by atoms with Gasteiger partial charge in [0, 0.05) is 10.6 Å². The molecule has 2 aromatic heterocycles. The molecule has 4 rings (SSSR count). The van der Waals surface area contributed by atoms with Gasteiger partial charge in [-0.1, -0.05) is 41.9 Å². The number of halogens is 1. The fourth-order valence-corrected chi connectivity index (χ4v) is 3.00. The van der Waals surface area contributed by atoms with E-state index in [9.17, 15) is 4.79 Å². The van der Waals surface area contributed by atoms with Gasteiger partial charge in [-0.25, -0.2) is 14.5 Å². The number of carbonyl (C=O) groups is 1. The van der Waals surface area contributed by atoms with Gasteiger partial charge in [0.25, 0.3) is 0 Å². The molecule has 0 saturated heterocycles. The van der Waals surface area contributed by atoms with E-state index in [0.717, 1.165) is 16.9 Å². The largest absolute Gasteiger partial charge is 0.461 e. The summed E-state index contributed by atoms with van der Waals surface area (Å²) in [4.78, 5) is 17.1. The molecule has 0 bridgehead atoms. The summed E-state index contributed by atoms with van der Waals surface area (Å²) in [6.07, 6.45) is 0. The van der Waals surface area contributed by atoms with E-state index < -0.39 is 5.97 Å². The van der Waals surface area contributed by atoms with Crippen molar-refractivity contribution in [1.82, 2.24) is 14.8 Å². The van der Waals surface area contributed by atoms with Crippen molar-refractivity contribution in [2.75, 3.05) is 6.61 Å². The molecule has 0 radical (unpaired) electrons. The first kappa shape index (κ1) is 17.2. The molecule has 27 heavy (non-hydrogen) atoms. The highest BCUT2D eigenvalue weighted by Gasteiger charge is 2.20. The molecular formula is C21H16ClN3O2. The van der Waals surface area contributed by atoms with Gasteiger partial charge in [-0.15, -0.1) is 0 Å². The van der Waals surface area contributed by atoms with E-state index in [1.165, 1.54) is 0 Å². The van der Waals surface area contributed by atoms with Crippen molar-refractivity contribution in [3.05, 3.63) is 77.4 Å². The van der Waals surface area contributed by atoms with E-state index >= 15 is 0 Å². The van der Waals surface area contributed by atoms with Gasteiger partial charge >= 0.3 is 5.97 Å². The van der Waals surface area contributed by atoms with E-state index in [0.29, 0.717) is 16.1 Å². The Bertz CT molecular complexity index is 1110. The van der Waals surface area contributed by atoms with Crippen molar-refractivity contribution in [1.29, 1.82) is 0 Å². The van der Waals surface area contributed by atoms with Crippen LogP contribution in [0.2, 0.25) is 5.02 Å². The molecule has 5 nitrogen and oxygen atoms in total. The van der Waals surface area contributed by atoms with Crippen molar-refractivity contribution >= 4 is 28.6 Å². The molecule has 2 heterocycles. The zero-order valence-electron chi connectivity index (χ0n) is 14.6. The molecule has 0 fully saturated rings. The Morgan fingerprint density at radius 3 is 2.48 bits per heavy atom. The van der Waals surface area contributed by atoms with Crippen LogP contribution in [0.4, 0.5) is 0 Å². The van der Waals surface area contributed by atoms with Gasteiger partial charge < -0.3 is 4.74 Å². The third kappa shape index (κ3) is 3.29. The second kappa shape index (κ2) is 7.21. The number of aromatic nitrogens is 3. The van der Waals surface area contributed by atoms with Crippen LogP contribution in [0.5, 0.6) is 0 Å². The predicted octanol–water partition coefficient (Wildman–Crippen LogP) is 4.92. The topological polar surface area (TPSA) is 57.0 Å². The zero-order chi connectivity index (χ0) is 18.8. The molecule has 4 aromatic rings. The molecule has 0 aliphatic rings. The summed E-state index contributed by atoms with van der Waals surface area (Å²) in [5, 5.41) is 5.80. The van der Waals surface area contributed by atoms with Gasteiger partial charge in [-0.2, -0.15) is 5.10 Å². The van der Waals surface area contributed by atoms with Crippen LogP contribution in [0.25, 0.3) is 28.0 Å². The van der Waals surface area contributed by atoms with E-state index in [4.69, 9.17) is 21.3 Å². The minimum Gasteiger partial charge on any atom is -0.461 e. The molecule has 0 unspecified atom stereocenters. The van der Waals surface area contributed by atoms with Crippen LogP contribution in [-0.2, 0) is 4.74 Å². The molecule has 0 N–H and O–H groups in total. The normalized spacial score (nSPS) is 10.9. The summed E-state index contributed by atoms with van der Waals surface area (Å²) in [7, 11) is 0. The summed E-state index contributed by atoms with van der Waals surface area (Å²) in [5.41, 5.74) is 3.37. The third-order valence-electron chi connectivity index (χ3n) is 4.14. The Morgan fingerprint density at radius 1 is 1.04 bits per heavy atom. The number of benzene rings is 2. The molecule has 2 aromatic carbocycles. The summed E-state index contributed by atoms with van der Waals surface area (Å²) in [6, 6.07) is 20.8. The van der Waals surface area contributed by atoms with Crippen molar-refractivity contribution in [3.63, 3.8) is 0 Å². The minimum atomic E-state index is -0.460. The number of nitrogens with zero attached hydrogens (tertiary/aromatic N) is 3. The Balaban J connectivity index is 1.92. The Morgan fingerprint density at radius 2 is 1.78 bits per heavy atom. The van der Waals surface area contributed by atoms with Crippen LogP contribution < -0.4 is 0 Å². The molecule has 0 aliphatic carbocycles. The molecule has 0 saturated carbocycles. The maximum atomic E-state index is 12.4. The number of rotatable bonds is 4. The Labute approximate surface area is 161 Å². The standard InChI is InChI=1S/C21H16ClN3O2/c1-2-27-21(26)19-17-12-13-18(14-8-10-15(22)11-9-14)23-20(17)25(24-19)16-6-4-3-5-7-16/h3-13H,2H2,1H3. The summed E-state index contributed by atoms with van der Waals surface area (Å²) in [6.45, 7) is 2.06. The highest BCUT2D eigenvalue weighted by molar-refractivity contribution is 6.30. The summed E-state index contributed by atoms with van der Waals surface area (Å²) >= 11 is 5.98. The maximum absolute atomic E-state index is 12.4. The lowest BCUT2D eigenvalue weighted by Gasteiger charge is -2.05. The van der Waals surface area contributed by atoms with Gasteiger partial charge in [-0.05, 0) is 43.3 Å². The first-order valence-electron chi connectivity index (χ1n) is 8.55. The average molecular weight is 378 g/mol. The van der Waals surface area contributed by atoms with E-state index in [2.05, 4.69) is 5.10 Å². The minimum absolute atomic E-state index is 0.255. The number of esters is 1. The predicted molar refractivity (Wildman–Crippen MR) is 105 cm³/mol. The first-order valence-corrected chi connectivity index (χ1v) is 8.93. The van der Waals surface area contributed by atoms with E-state index in [1.54, 1.807) is 11.6 Å². The van der Waals surface area contributed by atoms with Gasteiger partial charge in [0.2, 0.25) is 0 Å². The van der Waals surface area contributed by atoms with Crippen LogP contribution in [0.1, 0.15) is 17.4 Å². The molecule has 0 spiro atoms. The molecule has 0 amide bonds. The van der Waals surface area contributed by atoms with Crippen LogP contribution in [0, 0.1) is 0 Å². The Hall–Kier alpha value is -3.18. The van der Waals surface area contributed by atoms with Crippen LogP contribution in [-0.4, -0.2) is 27.3 Å². The Kier molecular flexibility index (Phi) is 4.60. The lowest BCUT2D eigenvalue weighted by Crippen LogP contribution is -2.07. The molecular weight excluding hydrogens is 362 g/mol. The monoisotopic (exact) mass is 377 g/mol. The fraction of sp³-hybridized carbons (Fsp3) is 0.0952. The van der Waals surface area contributed by atoms with Gasteiger partial charge in [0.15, 0.2) is 11.3 Å². The molecule has 134 valence electrons. The van der Waals surface area contributed by atoms with Crippen molar-refractivity contribution < 1.29 is 9.53 Å². The second-order valence-electron chi connectivity index (χ2n) is 5.89. The molecule has 0 atom stereocenters. The number of para-hydroxylation sites is 1. The number of hydrogen-bond donors (Lipinski definition) is 0. The first-order chi connectivity index (χ1) is 13.2. The van der Waals surface area contributed by atoms with E-state index in [1.807, 2.05) is 66.7 Å². The zero-order valence-corrected chi connectivity index (χ0v) is 15.3. The summed E-state index contributed by atoms with van der Waals surface area (Å²) in [5.74, 6) is -0.460. The summed E-state index contributed by atoms with van der Waals surface area (Å²) < 4.78 is 6.82. The van der Waals surface area contributed by atoms with Crippen molar-refractivity contribution in [2.24, 2.45) is 0 Å². The number of pyridine rings is 1. The van der Waals surface area contributed by atoms with E-state index in [-0.39, 0.29) is 12.3 Å². The SMILES string of the molecule is CCOC(=O)c1nn(-c2ccccc2)c2nc(-c3ccc(Cl)cc3)ccc12. The number of hydrogen-bond acceptors (Lipinski definition) is 4. The van der Waals surface area contributed by atoms with Crippen LogP contribution in [0.15, 0.2) is 66.7 Å².